The summed E-state index contributed by atoms with van der Waals surface area (Å²) in [4.78, 5) is 23.9. The van der Waals surface area contributed by atoms with Crippen LogP contribution in [0.2, 0.25) is 0 Å². The van der Waals surface area contributed by atoms with Gasteiger partial charge in [-0.05, 0) is 30.2 Å². The van der Waals surface area contributed by atoms with Crippen LogP contribution in [0.15, 0.2) is 24.3 Å². The van der Waals surface area contributed by atoms with Crippen molar-refractivity contribution in [3.8, 4) is 11.5 Å². The summed E-state index contributed by atoms with van der Waals surface area (Å²) in [5, 5.41) is 8.57. The van der Waals surface area contributed by atoms with Gasteiger partial charge in [-0.3, -0.25) is 9.59 Å². The molecule has 1 aromatic carbocycles. The lowest BCUT2D eigenvalue weighted by atomic mass is 10.1. The van der Waals surface area contributed by atoms with E-state index in [0.717, 1.165) is 5.56 Å². The number of nitrogens with zero attached hydrogens (tertiary/aromatic N) is 1. The van der Waals surface area contributed by atoms with Crippen LogP contribution in [0, 0.1) is 0 Å². The third kappa shape index (κ3) is 4.51. The van der Waals surface area contributed by atoms with Crippen LogP contribution in [0.3, 0.4) is 0 Å². The van der Waals surface area contributed by atoms with Crippen molar-refractivity contribution in [1.82, 2.24) is 4.90 Å². The quantitative estimate of drug-likeness (QED) is 0.811. The highest BCUT2D eigenvalue weighted by Crippen LogP contribution is 2.31. The number of likely N-dealkylation sites (N-methyl/N-ethyl adjacent to an activating group) is 1. The van der Waals surface area contributed by atoms with Crippen LogP contribution >= 0.6 is 0 Å². The molecule has 2 rings (SSSR count). The SMILES string of the molecule is CN(CCCC(=O)O)C(=O)/C=C/c1ccc2c(c1)OCCO2. The third-order valence-electron chi connectivity index (χ3n) is 3.24. The zero-order valence-corrected chi connectivity index (χ0v) is 12.4. The molecule has 118 valence electrons. The van der Waals surface area contributed by atoms with Gasteiger partial charge in [0.25, 0.3) is 0 Å². The van der Waals surface area contributed by atoms with E-state index >= 15 is 0 Å². The minimum atomic E-state index is -0.854. The molecule has 0 fully saturated rings. The molecule has 1 heterocycles. The molecule has 0 spiro atoms. The molecule has 1 N–H and O–H groups in total. The van der Waals surface area contributed by atoms with Crippen molar-refractivity contribution in [3.05, 3.63) is 29.8 Å². The lowest BCUT2D eigenvalue weighted by Gasteiger charge is -2.18. The smallest absolute Gasteiger partial charge is 0.303 e. The number of hydrogen-bond donors (Lipinski definition) is 1. The van der Waals surface area contributed by atoms with Crippen molar-refractivity contribution in [2.75, 3.05) is 26.8 Å². The number of benzene rings is 1. The summed E-state index contributed by atoms with van der Waals surface area (Å²) < 4.78 is 10.9. The van der Waals surface area contributed by atoms with Crippen LogP contribution in [0.1, 0.15) is 18.4 Å². The summed E-state index contributed by atoms with van der Waals surface area (Å²) in [6.45, 7) is 1.48. The number of rotatable bonds is 6. The van der Waals surface area contributed by atoms with Gasteiger partial charge in [0.15, 0.2) is 11.5 Å². The Balaban J connectivity index is 1.90. The molecule has 1 amide bonds. The average Bonchev–Trinajstić information content (AvgIpc) is 2.51. The molecule has 6 nitrogen and oxygen atoms in total. The highest BCUT2D eigenvalue weighted by molar-refractivity contribution is 5.91. The molecule has 1 aromatic rings. The molecule has 0 aromatic heterocycles. The van der Waals surface area contributed by atoms with Gasteiger partial charge in [0, 0.05) is 26.1 Å². The number of ether oxygens (including phenoxy) is 2. The molecule has 1 aliphatic rings. The Morgan fingerprint density at radius 1 is 1.27 bits per heavy atom. The van der Waals surface area contributed by atoms with Crippen molar-refractivity contribution in [2.45, 2.75) is 12.8 Å². The first kappa shape index (κ1) is 15.9. The minimum Gasteiger partial charge on any atom is -0.486 e. The maximum Gasteiger partial charge on any atom is 0.303 e. The summed E-state index contributed by atoms with van der Waals surface area (Å²) in [5.74, 6) is 0.365. The van der Waals surface area contributed by atoms with E-state index in [1.165, 1.54) is 11.0 Å². The van der Waals surface area contributed by atoms with Gasteiger partial charge in [-0.15, -0.1) is 0 Å². The van der Waals surface area contributed by atoms with E-state index in [1.54, 1.807) is 13.1 Å². The van der Waals surface area contributed by atoms with E-state index in [9.17, 15) is 9.59 Å². The first-order valence-electron chi connectivity index (χ1n) is 7.11. The van der Waals surface area contributed by atoms with E-state index in [2.05, 4.69) is 0 Å². The molecule has 1 aliphatic heterocycles. The number of amides is 1. The summed E-state index contributed by atoms with van der Waals surface area (Å²) >= 11 is 0. The lowest BCUT2D eigenvalue weighted by molar-refractivity contribution is -0.137. The standard InChI is InChI=1S/C16H19NO5/c1-17(8-2-3-16(19)20)15(18)7-5-12-4-6-13-14(11-12)22-10-9-21-13/h4-7,11H,2-3,8-10H2,1H3,(H,19,20)/b7-5+. The van der Waals surface area contributed by atoms with Gasteiger partial charge in [-0.25, -0.2) is 0 Å². The summed E-state index contributed by atoms with van der Waals surface area (Å²) in [6.07, 6.45) is 3.67. The monoisotopic (exact) mass is 305 g/mol. The topological polar surface area (TPSA) is 76.1 Å². The van der Waals surface area contributed by atoms with Gasteiger partial charge in [-0.1, -0.05) is 6.07 Å². The molecule has 22 heavy (non-hydrogen) atoms. The first-order chi connectivity index (χ1) is 10.6. The number of carboxylic acids is 1. The molecular weight excluding hydrogens is 286 g/mol. The second-order valence-electron chi connectivity index (χ2n) is 4.99. The number of fused-ring (bicyclic) bond motifs is 1. The van der Waals surface area contributed by atoms with Crippen molar-refractivity contribution >= 4 is 18.0 Å². The molecule has 0 atom stereocenters. The Morgan fingerprint density at radius 2 is 2.00 bits per heavy atom. The minimum absolute atomic E-state index is 0.0590. The predicted molar refractivity (Wildman–Crippen MR) is 81.0 cm³/mol. The fourth-order valence-corrected chi connectivity index (χ4v) is 2.04. The van der Waals surface area contributed by atoms with Crippen LogP contribution in [-0.4, -0.2) is 48.7 Å². The number of carboxylic acid groups (broad SMARTS) is 1. The van der Waals surface area contributed by atoms with Crippen molar-refractivity contribution < 1.29 is 24.2 Å². The maximum absolute atomic E-state index is 11.9. The molecule has 0 unspecified atom stereocenters. The second kappa shape index (κ2) is 7.49. The summed E-state index contributed by atoms with van der Waals surface area (Å²) in [6, 6.07) is 5.49. The fourth-order valence-electron chi connectivity index (χ4n) is 2.04. The van der Waals surface area contributed by atoms with Gasteiger partial charge in [-0.2, -0.15) is 0 Å². The van der Waals surface area contributed by atoms with Gasteiger partial charge in [0.1, 0.15) is 13.2 Å². The Kier molecular flexibility index (Phi) is 5.41. The number of hydrogen-bond acceptors (Lipinski definition) is 4. The van der Waals surface area contributed by atoms with Crippen LogP contribution in [0.4, 0.5) is 0 Å². The highest BCUT2D eigenvalue weighted by atomic mass is 16.6. The Bertz CT molecular complexity index is 582. The van der Waals surface area contributed by atoms with E-state index in [0.29, 0.717) is 37.7 Å². The average molecular weight is 305 g/mol. The van der Waals surface area contributed by atoms with E-state index in [1.807, 2.05) is 18.2 Å². The number of aliphatic carboxylic acids is 1. The van der Waals surface area contributed by atoms with Crippen molar-refractivity contribution in [3.63, 3.8) is 0 Å². The Hall–Kier alpha value is -2.50. The normalized spacial score (nSPS) is 13.1. The van der Waals surface area contributed by atoms with Gasteiger partial charge in [0.2, 0.25) is 5.91 Å². The van der Waals surface area contributed by atoms with Crippen LogP contribution in [0.25, 0.3) is 6.08 Å². The van der Waals surface area contributed by atoms with Gasteiger partial charge >= 0.3 is 5.97 Å². The molecular formula is C16H19NO5. The third-order valence-corrected chi connectivity index (χ3v) is 3.24. The summed E-state index contributed by atoms with van der Waals surface area (Å²) in [7, 11) is 1.65. The lowest BCUT2D eigenvalue weighted by Crippen LogP contribution is -2.26. The van der Waals surface area contributed by atoms with Crippen molar-refractivity contribution in [1.29, 1.82) is 0 Å². The maximum atomic E-state index is 11.9. The van der Waals surface area contributed by atoms with E-state index in [4.69, 9.17) is 14.6 Å². The van der Waals surface area contributed by atoms with Crippen LogP contribution in [-0.2, 0) is 9.59 Å². The second-order valence-corrected chi connectivity index (χ2v) is 4.99. The van der Waals surface area contributed by atoms with Gasteiger partial charge in [0.05, 0.1) is 0 Å². The summed E-state index contributed by atoms with van der Waals surface area (Å²) in [5.41, 5.74) is 0.844. The first-order valence-corrected chi connectivity index (χ1v) is 7.11. The Morgan fingerprint density at radius 3 is 2.73 bits per heavy atom. The zero-order chi connectivity index (χ0) is 15.9. The fraction of sp³-hybridized carbons (Fsp3) is 0.375. The molecule has 0 bridgehead atoms. The highest BCUT2D eigenvalue weighted by Gasteiger charge is 2.11. The van der Waals surface area contributed by atoms with Crippen molar-refractivity contribution in [2.24, 2.45) is 0 Å². The predicted octanol–water partition coefficient (Wildman–Crippen LogP) is 1.79. The van der Waals surface area contributed by atoms with Crippen LogP contribution < -0.4 is 9.47 Å². The molecule has 0 saturated carbocycles. The zero-order valence-electron chi connectivity index (χ0n) is 12.4. The largest absolute Gasteiger partial charge is 0.486 e. The van der Waals surface area contributed by atoms with Crippen LogP contribution in [0.5, 0.6) is 11.5 Å². The van der Waals surface area contributed by atoms with E-state index in [-0.39, 0.29) is 12.3 Å². The number of carbonyl (C=O) groups excluding carboxylic acids is 1. The van der Waals surface area contributed by atoms with E-state index < -0.39 is 5.97 Å². The van der Waals surface area contributed by atoms with Gasteiger partial charge < -0.3 is 19.5 Å². The Labute approximate surface area is 128 Å². The molecule has 0 radical (unpaired) electrons. The number of carbonyl (C=O) groups is 2. The molecule has 6 heteroatoms. The molecule has 0 saturated heterocycles. The molecule has 0 aliphatic carbocycles.